The van der Waals surface area contributed by atoms with Crippen molar-refractivity contribution in [1.29, 1.82) is 0 Å². The SMILES string of the molecule is CCC(CCO)CNCc1ccc(C(=O)O)cc1. The van der Waals surface area contributed by atoms with Crippen LogP contribution in [0.5, 0.6) is 0 Å². The van der Waals surface area contributed by atoms with E-state index in [1.807, 2.05) is 12.1 Å². The standard InChI is InChI=1S/C14H21NO3/c1-2-11(7-8-16)9-15-10-12-3-5-13(6-4-12)14(17)18/h3-6,11,15-16H,2,7-10H2,1H3,(H,17,18). The van der Waals surface area contributed by atoms with E-state index >= 15 is 0 Å². The Morgan fingerprint density at radius 1 is 1.33 bits per heavy atom. The van der Waals surface area contributed by atoms with Gasteiger partial charge in [0.1, 0.15) is 0 Å². The first-order chi connectivity index (χ1) is 8.67. The first-order valence-corrected chi connectivity index (χ1v) is 6.31. The zero-order valence-electron chi connectivity index (χ0n) is 10.7. The number of benzene rings is 1. The predicted octanol–water partition coefficient (Wildman–Crippen LogP) is 1.88. The second kappa shape index (κ2) is 7.84. The molecule has 0 amide bonds. The van der Waals surface area contributed by atoms with Crippen molar-refractivity contribution in [2.45, 2.75) is 26.3 Å². The summed E-state index contributed by atoms with van der Waals surface area (Å²) < 4.78 is 0. The van der Waals surface area contributed by atoms with Gasteiger partial charge >= 0.3 is 5.97 Å². The zero-order chi connectivity index (χ0) is 13.4. The molecule has 0 radical (unpaired) electrons. The highest BCUT2D eigenvalue weighted by molar-refractivity contribution is 5.87. The number of carboxylic acid groups (broad SMARTS) is 1. The Morgan fingerprint density at radius 2 is 2.00 bits per heavy atom. The second-order valence-corrected chi connectivity index (χ2v) is 4.42. The fourth-order valence-corrected chi connectivity index (χ4v) is 1.82. The van der Waals surface area contributed by atoms with E-state index in [2.05, 4.69) is 12.2 Å². The highest BCUT2D eigenvalue weighted by Gasteiger charge is 2.05. The van der Waals surface area contributed by atoms with Gasteiger partial charge in [-0.1, -0.05) is 25.5 Å². The topological polar surface area (TPSA) is 69.6 Å². The number of aliphatic hydroxyl groups excluding tert-OH is 1. The molecule has 4 nitrogen and oxygen atoms in total. The van der Waals surface area contributed by atoms with Crippen LogP contribution in [0.1, 0.15) is 35.7 Å². The highest BCUT2D eigenvalue weighted by Crippen LogP contribution is 2.07. The van der Waals surface area contributed by atoms with E-state index in [0.29, 0.717) is 11.5 Å². The molecule has 0 aromatic heterocycles. The molecular weight excluding hydrogens is 230 g/mol. The van der Waals surface area contributed by atoms with Crippen molar-refractivity contribution in [2.75, 3.05) is 13.2 Å². The van der Waals surface area contributed by atoms with Gasteiger partial charge in [-0.3, -0.25) is 0 Å². The summed E-state index contributed by atoms with van der Waals surface area (Å²) in [5.41, 5.74) is 1.38. The summed E-state index contributed by atoms with van der Waals surface area (Å²) in [5, 5.41) is 21.0. The van der Waals surface area contributed by atoms with Gasteiger partial charge in [-0.2, -0.15) is 0 Å². The summed E-state index contributed by atoms with van der Waals surface area (Å²) in [6, 6.07) is 6.88. The molecule has 3 N–H and O–H groups in total. The van der Waals surface area contributed by atoms with E-state index in [1.165, 1.54) is 0 Å². The van der Waals surface area contributed by atoms with Crippen molar-refractivity contribution in [3.63, 3.8) is 0 Å². The van der Waals surface area contributed by atoms with Crippen molar-refractivity contribution in [3.8, 4) is 0 Å². The minimum atomic E-state index is -0.900. The molecule has 1 unspecified atom stereocenters. The Kier molecular flexibility index (Phi) is 6.39. The maximum absolute atomic E-state index is 10.7. The van der Waals surface area contributed by atoms with E-state index in [0.717, 1.165) is 31.5 Å². The molecule has 1 atom stereocenters. The summed E-state index contributed by atoms with van der Waals surface area (Å²) in [4.78, 5) is 10.7. The number of aliphatic hydroxyl groups is 1. The Morgan fingerprint density at radius 3 is 2.50 bits per heavy atom. The Bertz CT molecular complexity index is 362. The van der Waals surface area contributed by atoms with E-state index in [9.17, 15) is 4.79 Å². The lowest BCUT2D eigenvalue weighted by molar-refractivity contribution is 0.0697. The van der Waals surface area contributed by atoms with Gasteiger partial charge in [0.05, 0.1) is 5.56 Å². The lowest BCUT2D eigenvalue weighted by Crippen LogP contribution is -2.22. The summed E-state index contributed by atoms with van der Waals surface area (Å²) in [7, 11) is 0. The first kappa shape index (κ1) is 14.7. The fourth-order valence-electron chi connectivity index (χ4n) is 1.82. The summed E-state index contributed by atoms with van der Waals surface area (Å²) in [6.07, 6.45) is 1.87. The van der Waals surface area contributed by atoms with Crippen molar-refractivity contribution in [3.05, 3.63) is 35.4 Å². The van der Waals surface area contributed by atoms with Crippen LogP contribution in [0.15, 0.2) is 24.3 Å². The number of hydrogen-bond donors (Lipinski definition) is 3. The van der Waals surface area contributed by atoms with Crippen LogP contribution < -0.4 is 5.32 Å². The third-order valence-electron chi connectivity index (χ3n) is 3.08. The van der Waals surface area contributed by atoms with Gasteiger partial charge in [0.15, 0.2) is 0 Å². The number of aromatic carboxylic acids is 1. The summed E-state index contributed by atoms with van der Waals surface area (Å²) in [5.74, 6) is -0.406. The molecule has 1 aromatic rings. The van der Waals surface area contributed by atoms with Gasteiger partial charge < -0.3 is 15.5 Å². The van der Waals surface area contributed by atoms with Crippen LogP contribution in [0.25, 0.3) is 0 Å². The Hall–Kier alpha value is -1.39. The largest absolute Gasteiger partial charge is 0.478 e. The van der Waals surface area contributed by atoms with Gasteiger partial charge in [-0.15, -0.1) is 0 Å². The van der Waals surface area contributed by atoms with Gasteiger partial charge in [-0.05, 0) is 36.6 Å². The smallest absolute Gasteiger partial charge is 0.335 e. The van der Waals surface area contributed by atoms with Crippen LogP contribution in [0.2, 0.25) is 0 Å². The molecule has 0 heterocycles. The number of carboxylic acids is 1. The minimum absolute atomic E-state index is 0.230. The molecule has 4 heteroatoms. The Balaban J connectivity index is 2.37. The van der Waals surface area contributed by atoms with Gasteiger partial charge in [-0.25, -0.2) is 4.79 Å². The third kappa shape index (κ3) is 4.85. The minimum Gasteiger partial charge on any atom is -0.478 e. The number of nitrogens with one attached hydrogen (secondary N) is 1. The van der Waals surface area contributed by atoms with Crippen molar-refractivity contribution in [1.82, 2.24) is 5.32 Å². The third-order valence-corrected chi connectivity index (χ3v) is 3.08. The maximum Gasteiger partial charge on any atom is 0.335 e. The molecule has 0 aliphatic heterocycles. The predicted molar refractivity (Wildman–Crippen MR) is 70.6 cm³/mol. The maximum atomic E-state index is 10.7. The zero-order valence-corrected chi connectivity index (χ0v) is 10.7. The number of carbonyl (C=O) groups is 1. The average molecular weight is 251 g/mol. The fraction of sp³-hybridized carbons (Fsp3) is 0.500. The van der Waals surface area contributed by atoms with Crippen LogP contribution in [-0.4, -0.2) is 29.3 Å². The average Bonchev–Trinajstić information content (AvgIpc) is 2.38. The van der Waals surface area contributed by atoms with E-state index < -0.39 is 5.97 Å². The molecular formula is C14H21NO3. The van der Waals surface area contributed by atoms with Gasteiger partial charge in [0, 0.05) is 13.2 Å². The Labute approximate surface area is 108 Å². The van der Waals surface area contributed by atoms with Crippen molar-refractivity contribution >= 4 is 5.97 Å². The molecule has 0 bridgehead atoms. The number of rotatable bonds is 8. The molecule has 0 saturated carbocycles. The van der Waals surface area contributed by atoms with Crippen LogP contribution in [-0.2, 0) is 6.54 Å². The van der Waals surface area contributed by atoms with Crippen LogP contribution in [0.4, 0.5) is 0 Å². The molecule has 1 aromatic carbocycles. The molecule has 1 rings (SSSR count). The normalized spacial score (nSPS) is 12.3. The monoisotopic (exact) mass is 251 g/mol. The highest BCUT2D eigenvalue weighted by atomic mass is 16.4. The molecule has 0 fully saturated rings. The molecule has 0 aliphatic carbocycles. The van der Waals surface area contributed by atoms with Gasteiger partial charge in [0.25, 0.3) is 0 Å². The first-order valence-electron chi connectivity index (χ1n) is 6.31. The van der Waals surface area contributed by atoms with Crippen molar-refractivity contribution < 1.29 is 15.0 Å². The van der Waals surface area contributed by atoms with Gasteiger partial charge in [0.2, 0.25) is 0 Å². The summed E-state index contributed by atoms with van der Waals surface area (Å²) >= 11 is 0. The lowest BCUT2D eigenvalue weighted by atomic mass is 10.0. The quantitative estimate of drug-likeness (QED) is 0.660. The van der Waals surface area contributed by atoms with Crippen LogP contribution in [0, 0.1) is 5.92 Å². The molecule has 0 aliphatic rings. The van der Waals surface area contributed by atoms with Crippen LogP contribution in [0.3, 0.4) is 0 Å². The lowest BCUT2D eigenvalue weighted by Gasteiger charge is -2.14. The van der Waals surface area contributed by atoms with E-state index in [-0.39, 0.29) is 6.61 Å². The van der Waals surface area contributed by atoms with Crippen LogP contribution >= 0.6 is 0 Å². The van der Waals surface area contributed by atoms with E-state index in [4.69, 9.17) is 10.2 Å². The molecule has 0 saturated heterocycles. The van der Waals surface area contributed by atoms with E-state index in [1.54, 1.807) is 12.1 Å². The molecule has 0 spiro atoms. The summed E-state index contributed by atoms with van der Waals surface area (Å²) in [6.45, 7) is 3.94. The van der Waals surface area contributed by atoms with Crippen molar-refractivity contribution in [2.24, 2.45) is 5.92 Å². The molecule has 18 heavy (non-hydrogen) atoms. The second-order valence-electron chi connectivity index (χ2n) is 4.42. The number of hydrogen-bond acceptors (Lipinski definition) is 3. The molecule has 100 valence electrons.